The Kier molecular flexibility index (Phi) is 16.3. The lowest BCUT2D eigenvalue weighted by molar-refractivity contribution is 0.407. The molecule has 0 aliphatic rings. The van der Waals surface area contributed by atoms with Crippen molar-refractivity contribution in [2.75, 3.05) is 13.7 Å². The summed E-state index contributed by atoms with van der Waals surface area (Å²) in [5.41, 5.74) is 0.752. The minimum atomic E-state index is 0.222. The zero-order valence-electron chi connectivity index (χ0n) is 19.1. The third-order valence-corrected chi connectivity index (χ3v) is 5.61. The van der Waals surface area contributed by atoms with Gasteiger partial charge in [-0.25, -0.2) is 0 Å². The van der Waals surface area contributed by atoms with Gasteiger partial charge in [-0.05, 0) is 18.6 Å². The van der Waals surface area contributed by atoms with Crippen LogP contribution in [0.3, 0.4) is 0 Å². The number of ether oxygens (including phenoxy) is 1. The van der Waals surface area contributed by atoms with Crippen molar-refractivity contribution in [2.45, 2.75) is 110 Å². The quantitative estimate of drug-likeness (QED) is 0.187. The van der Waals surface area contributed by atoms with Crippen molar-refractivity contribution in [1.82, 2.24) is 0 Å². The molecule has 3 nitrogen and oxygen atoms in total. The average Bonchev–Trinajstić information content (AvgIpc) is 2.73. The molecule has 0 unspecified atom stereocenters. The molecular formula is C26H45NO2. The summed E-state index contributed by atoms with van der Waals surface area (Å²) >= 11 is 0. The predicted octanol–water partition coefficient (Wildman–Crippen LogP) is 8.08. The van der Waals surface area contributed by atoms with Crippen molar-refractivity contribution in [3.05, 3.63) is 23.8 Å². The third kappa shape index (κ3) is 14.2. The Morgan fingerprint density at radius 3 is 1.69 bits per heavy atom. The van der Waals surface area contributed by atoms with Gasteiger partial charge in [-0.15, -0.1) is 0 Å². The second-order valence-corrected chi connectivity index (χ2v) is 8.26. The molecule has 0 aliphatic carbocycles. The van der Waals surface area contributed by atoms with Crippen LogP contribution in [0.5, 0.6) is 11.5 Å². The van der Waals surface area contributed by atoms with Crippen molar-refractivity contribution in [2.24, 2.45) is 4.99 Å². The lowest BCUT2D eigenvalue weighted by atomic mass is 10.0. The summed E-state index contributed by atoms with van der Waals surface area (Å²) < 4.78 is 5.09. The van der Waals surface area contributed by atoms with Crippen molar-refractivity contribution >= 4 is 6.21 Å². The molecular weight excluding hydrogens is 358 g/mol. The topological polar surface area (TPSA) is 41.8 Å². The van der Waals surface area contributed by atoms with E-state index in [1.165, 1.54) is 96.3 Å². The van der Waals surface area contributed by atoms with Crippen LogP contribution in [-0.4, -0.2) is 25.0 Å². The summed E-state index contributed by atoms with van der Waals surface area (Å²) in [6, 6.07) is 5.30. The van der Waals surface area contributed by atoms with Crippen LogP contribution in [-0.2, 0) is 0 Å². The van der Waals surface area contributed by atoms with E-state index < -0.39 is 0 Å². The van der Waals surface area contributed by atoms with Crippen molar-refractivity contribution < 1.29 is 9.84 Å². The Balaban J connectivity index is 1.84. The second-order valence-electron chi connectivity index (χ2n) is 8.26. The average molecular weight is 404 g/mol. The standard InChI is InChI=1S/C26H45NO2/c1-3-4-5-6-7-8-9-10-11-12-13-14-15-16-17-18-21-27-23-24-19-20-25(29-2)22-26(24)28/h19-20,22-23,28H,3-18,21H2,1-2H3. The largest absolute Gasteiger partial charge is 0.507 e. The summed E-state index contributed by atoms with van der Waals surface area (Å²) in [6.07, 6.45) is 23.9. The zero-order valence-corrected chi connectivity index (χ0v) is 19.1. The number of hydrogen-bond donors (Lipinski definition) is 1. The highest BCUT2D eigenvalue weighted by Crippen LogP contribution is 2.21. The first-order valence-electron chi connectivity index (χ1n) is 12.1. The van der Waals surface area contributed by atoms with E-state index in [4.69, 9.17) is 4.74 Å². The number of aliphatic imine (C=N–C) groups is 1. The highest BCUT2D eigenvalue weighted by molar-refractivity contribution is 5.83. The maximum atomic E-state index is 9.89. The van der Waals surface area contributed by atoms with E-state index in [0.29, 0.717) is 5.75 Å². The molecule has 1 aromatic rings. The van der Waals surface area contributed by atoms with E-state index >= 15 is 0 Å². The van der Waals surface area contributed by atoms with Gasteiger partial charge < -0.3 is 9.84 Å². The number of methoxy groups -OCH3 is 1. The molecule has 0 atom stereocenters. The van der Waals surface area contributed by atoms with E-state index in [1.807, 2.05) is 12.1 Å². The van der Waals surface area contributed by atoms with Crippen LogP contribution in [0.25, 0.3) is 0 Å². The molecule has 29 heavy (non-hydrogen) atoms. The SMILES string of the molecule is CCCCCCCCCCCCCCCCCCN=Cc1ccc(OC)cc1O. The zero-order chi connectivity index (χ0) is 21.0. The fourth-order valence-corrected chi connectivity index (χ4v) is 3.67. The fraction of sp³-hybridized carbons (Fsp3) is 0.731. The first-order chi connectivity index (χ1) is 14.3. The number of phenolic OH excluding ortho intramolecular Hbond substituents is 1. The summed E-state index contributed by atoms with van der Waals surface area (Å²) in [4.78, 5) is 4.44. The predicted molar refractivity (Wildman–Crippen MR) is 127 cm³/mol. The van der Waals surface area contributed by atoms with E-state index in [-0.39, 0.29) is 5.75 Å². The molecule has 0 bridgehead atoms. The van der Waals surface area contributed by atoms with Gasteiger partial charge in [0.2, 0.25) is 0 Å². The van der Waals surface area contributed by atoms with Gasteiger partial charge in [0.15, 0.2) is 0 Å². The lowest BCUT2D eigenvalue weighted by Crippen LogP contribution is -1.89. The monoisotopic (exact) mass is 403 g/mol. The summed E-state index contributed by atoms with van der Waals surface area (Å²) in [5.74, 6) is 0.887. The van der Waals surface area contributed by atoms with Gasteiger partial charge in [-0.2, -0.15) is 0 Å². The maximum Gasteiger partial charge on any atom is 0.128 e. The van der Waals surface area contributed by atoms with Crippen LogP contribution in [0.4, 0.5) is 0 Å². The van der Waals surface area contributed by atoms with Gasteiger partial charge in [-0.1, -0.05) is 103 Å². The number of benzene rings is 1. The van der Waals surface area contributed by atoms with Crippen LogP contribution in [0, 0.1) is 0 Å². The van der Waals surface area contributed by atoms with Gasteiger partial charge in [-0.3, -0.25) is 4.99 Å². The smallest absolute Gasteiger partial charge is 0.128 e. The van der Waals surface area contributed by atoms with E-state index in [9.17, 15) is 5.11 Å². The molecule has 1 aromatic carbocycles. The van der Waals surface area contributed by atoms with E-state index in [1.54, 1.807) is 19.4 Å². The normalized spacial score (nSPS) is 11.4. The number of rotatable bonds is 19. The lowest BCUT2D eigenvalue weighted by Gasteiger charge is -2.03. The molecule has 1 rings (SSSR count). The van der Waals surface area contributed by atoms with Crippen LogP contribution in [0.15, 0.2) is 23.2 Å². The van der Waals surface area contributed by atoms with Gasteiger partial charge in [0.25, 0.3) is 0 Å². The van der Waals surface area contributed by atoms with Gasteiger partial charge in [0, 0.05) is 24.4 Å². The maximum absolute atomic E-state index is 9.89. The Labute approximate surface area is 180 Å². The Morgan fingerprint density at radius 1 is 0.759 bits per heavy atom. The van der Waals surface area contributed by atoms with Crippen LogP contribution in [0.2, 0.25) is 0 Å². The number of nitrogens with zero attached hydrogens (tertiary/aromatic N) is 1. The Hall–Kier alpha value is -1.51. The molecule has 0 heterocycles. The van der Waals surface area contributed by atoms with E-state index in [0.717, 1.165) is 18.5 Å². The summed E-state index contributed by atoms with van der Waals surface area (Å²) in [6.45, 7) is 3.12. The molecule has 0 fully saturated rings. The Bertz CT molecular complexity index is 527. The summed E-state index contributed by atoms with van der Waals surface area (Å²) in [7, 11) is 1.60. The first kappa shape index (κ1) is 25.5. The highest BCUT2D eigenvalue weighted by Gasteiger charge is 2.00. The van der Waals surface area contributed by atoms with Crippen LogP contribution in [0.1, 0.15) is 115 Å². The minimum Gasteiger partial charge on any atom is -0.507 e. The fourth-order valence-electron chi connectivity index (χ4n) is 3.67. The molecule has 3 heteroatoms. The highest BCUT2D eigenvalue weighted by atomic mass is 16.5. The third-order valence-electron chi connectivity index (χ3n) is 5.61. The molecule has 1 N–H and O–H groups in total. The molecule has 0 saturated heterocycles. The van der Waals surface area contributed by atoms with Crippen molar-refractivity contribution in [3.63, 3.8) is 0 Å². The number of aromatic hydroxyl groups is 1. The summed E-state index contributed by atoms with van der Waals surface area (Å²) in [5, 5.41) is 9.89. The molecule has 0 saturated carbocycles. The number of unbranched alkanes of at least 4 members (excludes halogenated alkanes) is 15. The first-order valence-corrected chi connectivity index (χ1v) is 12.1. The van der Waals surface area contributed by atoms with Gasteiger partial charge in [0.05, 0.1) is 7.11 Å². The van der Waals surface area contributed by atoms with Crippen LogP contribution >= 0.6 is 0 Å². The number of hydrogen-bond acceptors (Lipinski definition) is 3. The minimum absolute atomic E-state index is 0.222. The molecule has 0 spiro atoms. The van der Waals surface area contributed by atoms with Gasteiger partial charge in [0.1, 0.15) is 11.5 Å². The van der Waals surface area contributed by atoms with Crippen LogP contribution < -0.4 is 4.74 Å². The molecule has 0 radical (unpaired) electrons. The number of phenols is 1. The van der Waals surface area contributed by atoms with Crippen molar-refractivity contribution in [1.29, 1.82) is 0 Å². The van der Waals surface area contributed by atoms with E-state index in [2.05, 4.69) is 11.9 Å². The molecule has 0 amide bonds. The molecule has 0 aliphatic heterocycles. The molecule has 166 valence electrons. The van der Waals surface area contributed by atoms with Crippen molar-refractivity contribution in [3.8, 4) is 11.5 Å². The van der Waals surface area contributed by atoms with Gasteiger partial charge >= 0.3 is 0 Å². The Morgan fingerprint density at radius 2 is 1.24 bits per heavy atom. The second kappa shape index (κ2) is 18.5. The molecule has 0 aromatic heterocycles.